The molecular weight excluding hydrogens is 389 g/mol. The zero-order valence-corrected chi connectivity index (χ0v) is 17.1. The zero-order chi connectivity index (χ0) is 18.5. The summed E-state index contributed by atoms with van der Waals surface area (Å²) in [6, 6.07) is 5.91. The number of thiocarbonyl (C=S) groups is 1. The Bertz CT molecular complexity index is 603. The van der Waals surface area contributed by atoms with Crippen LogP contribution in [0.15, 0.2) is 18.2 Å². The van der Waals surface area contributed by atoms with Gasteiger partial charge in [0, 0.05) is 12.1 Å². The summed E-state index contributed by atoms with van der Waals surface area (Å²) in [5.41, 5.74) is 3.03. The van der Waals surface area contributed by atoms with E-state index in [-0.39, 0.29) is 16.9 Å². The van der Waals surface area contributed by atoms with Crippen LogP contribution in [0.1, 0.15) is 31.4 Å². The van der Waals surface area contributed by atoms with E-state index in [0.29, 0.717) is 6.42 Å². The maximum atomic E-state index is 12.0. The van der Waals surface area contributed by atoms with Crippen molar-refractivity contribution in [3.63, 3.8) is 0 Å². The molecule has 134 valence electrons. The number of anilines is 1. The highest BCUT2D eigenvalue weighted by atomic mass is 35.6. The lowest BCUT2D eigenvalue weighted by Gasteiger charge is -2.28. The van der Waals surface area contributed by atoms with Crippen molar-refractivity contribution in [2.45, 2.75) is 44.1 Å². The average molecular weight is 411 g/mol. The summed E-state index contributed by atoms with van der Waals surface area (Å²) < 4.78 is -1.75. The van der Waals surface area contributed by atoms with Gasteiger partial charge in [-0.2, -0.15) is 0 Å². The summed E-state index contributed by atoms with van der Waals surface area (Å²) in [6.45, 7) is 7.85. The van der Waals surface area contributed by atoms with Crippen LogP contribution >= 0.6 is 47.0 Å². The first kappa shape index (κ1) is 21.3. The van der Waals surface area contributed by atoms with Crippen LogP contribution < -0.4 is 16.0 Å². The Morgan fingerprint density at radius 1 is 1.21 bits per heavy atom. The normalized spacial score (nSPS) is 12.7. The highest BCUT2D eigenvalue weighted by Crippen LogP contribution is 2.29. The Balaban J connectivity index is 2.75. The number of halogens is 3. The van der Waals surface area contributed by atoms with Crippen LogP contribution in [0, 0.1) is 19.8 Å². The minimum absolute atomic E-state index is 0.196. The molecule has 0 aliphatic heterocycles. The summed E-state index contributed by atoms with van der Waals surface area (Å²) in [6.07, 6.45) is -0.615. The van der Waals surface area contributed by atoms with Gasteiger partial charge in [0.2, 0.25) is 9.70 Å². The molecule has 0 fully saturated rings. The number of hydrogen-bond donors (Lipinski definition) is 3. The van der Waals surface area contributed by atoms with E-state index in [1.165, 1.54) is 0 Å². The number of benzene rings is 1. The summed E-state index contributed by atoms with van der Waals surface area (Å²) in [7, 11) is 0. The lowest BCUT2D eigenvalue weighted by Crippen LogP contribution is -2.56. The van der Waals surface area contributed by atoms with Crippen molar-refractivity contribution in [3.05, 3.63) is 29.3 Å². The van der Waals surface area contributed by atoms with Crippen LogP contribution in [0.3, 0.4) is 0 Å². The summed E-state index contributed by atoms with van der Waals surface area (Å²) in [5.74, 6) is -0.0237. The predicted molar refractivity (Wildman–Crippen MR) is 107 cm³/mol. The number of carbonyl (C=O) groups is 1. The second-order valence-electron chi connectivity index (χ2n) is 6.06. The van der Waals surface area contributed by atoms with Gasteiger partial charge in [0.25, 0.3) is 0 Å². The molecular formula is C16H22Cl3N3OS. The minimum Gasteiger partial charge on any atom is -0.339 e. The number of aryl methyl sites for hydroxylation is 2. The third-order valence-electron chi connectivity index (χ3n) is 3.13. The van der Waals surface area contributed by atoms with Crippen LogP contribution in [0.5, 0.6) is 0 Å². The van der Waals surface area contributed by atoms with Gasteiger partial charge in [0.05, 0.1) is 0 Å². The molecule has 1 amide bonds. The maximum absolute atomic E-state index is 12.0. The fraction of sp³-hybridized carbons (Fsp3) is 0.500. The summed E-state index contributed by atoms with van der Waals surface area (Å²) in [5, 5.41) is 8.80. The Morgan fingerprint density at radius 3 is 2.33 bits per heavy atom. The van der Waals surface area contributed by atoms with Gasteiger partial charge in [-0.25, -0.2) is 0 Å². The first-order chi connectivity index (χ1) is 11.0. The smallest absolute Gasteiger partial charge is 0.228 e. The van der Waals surface area contributed by atoms with Crippen molar-refractivity contribution in [1.82, 2.24) is 10.6 Å². The molecule has 0 aliphatic rings. The molecule has 0 spiro atoms. The third-order valence-corrected chi connectivity index (χ3v) is 4.01. The summed E-state index contributed by atoms with van der Waals surface area (Å²) >= 11 is 23.1. The largest absolute Gasteiger partial charge is 0.339 e. The van der Waals surface area contributed by atoms with Crippen molar-refractivity contribution in [3.8, 4) is 0 Å². The lowest BCUT2D eigenvalue weighted by molar-refractivity contribution is -0.122. The topological polar surface area (TPSA) is 53.2 Å². The molecule has 0 aromatic heterocycles. The Morgan fingerprint density at radius 2 is 1.83 bits per heavy atom. The van der Waals surface area contributed by atoms with Crippen molar-refractivity contribution in [2.24, 2.45) is 5.92 Å². The van der Waals surface area contributed by atoms with Gasteiger partial charge in [0.15, 0.2) is 5.11 Å². The lowest BCUT2D eigenvalue weighted by atomic mass is 10.1. The first-order valence-electron chi connectivity index (χ1n) is 7.50. The van der Waals surface area contributed by atoms with E-state index >= 15 is 0 Å². The van der Waals surface area contributed by atoms with Crippen LogP contribution in [0.2, 0.25) is 0 Å². The number of carbonyl (C=O) groups excluding carboxylic acids is 1. The number of hydrogen-bond acceptors (Lipinski definition) is 2. The molecule has 0 saturated carbocycles. The van der Waals surface area contributed by atoms with Gasteiger partial charge in [-0.15, -0.1) is 0 Å². The first-order valence-corrected chi connectivity index (χ1v) is 9.04. The minimum atomic E-state index is -1.75. The quantitative estimate of drug-likeness (QED) is 0.381. The molecule has 0 saturated heterocycles. The Labute approximate surface area is 163 Å². The molecule has 0 radical (unpaired) electrons. The molecule has 0 heterocycles. The second kappa shape index (κ2) is 9.09. The van der Waals surface area contributed by atoms with E-state index in [2.05, 4.69) is 16.0 Å². The van der Waals surface area contributed by atoms with Gasteiger partial charge in [0.1, 0.15) is 6.17 Å². The molecule has 1 aromatic rings. The second-order valence-corrected chi connectivity index (χ2v) is 8.83. The van der Waals surface area contributed by atoms with Crippen molar-refractivity contribution < 1.29 is 4.79 Å². The number of nitrogens with one attached hydrogen (secondary N) is 3. The fourth-order valence-corrected chi connectivity index (χ4v) is 2.59. The van der Waals surface area contributed by atoms with Crippen LogP contribution in [-0.2, 0) is 4.79 Å². The van der Waals surface area contributed by atoms with Gasteiger partial charge < -0.3 is 16.0 Å². The van der Waals surface area contributed by atoms with Crippen LogP contribution in [0.25, 0.3) is 0 Å². The standard InChI is InChI=1S/C16H22Cl3N3OS/c1-9(2)7-13(23)21-14(16(17,18)19)22-15(24)20-12-6-5-10(3)8-11(12)4/h5-6,8-9,14H,7H2,1-4H3,(H,21,23)(H2,20,22,24)/t14-/m0/s1. The molecule has 0 unspecified atom stereocenters. The fourth-order valence-electron chi connectivity index (χ4n) is 2.03. The average Bonchev–Trinajstić information content (AvgIpc) is 2.39. The number of alkyl halides is 3. The van der Waals surface area contributed by atoms with Crippen LogP contribution in [0.4, 0.5) is 5.69 Å². The van der Waals surface area contributed by atoms with Gasteiger partial charge in [-0.3, -0.25) is 4.79 Å². The van der Waals surface area contributed by atoms with E-state index in [1.54, 1.807) is 0 Å². The van der Waals surface area contributed by atoms with Gasteiger partial charge in [-0.1, -0.05) is 66.3 Å². The van der Waals surface area contributed by atoms with Crippen molar-refractivity contribution >= 4 is 63.7 Å². The molecule has 24 heavy (non-hydrogen) atoms. The van der Waals surface area contributed by atoms with E-state index in [1.807, 2.05) is 45.9 Å². The van der Waals surface area contributed by atoms with Gasteiger partial charge in [-0.05, 0) is 43.6 Å². The molecule has 1 rings (SSSR count). The van der Waals surface area contributed by atoms with E-state index in [4.69, 9.17) is 47.0 Å². The van der Waals surface area contributed by atoms with E-state index in [0.717, 1.165) is 16.8 Å². The third kappa shape index (κ3) is 7.43. The Kier molecular flexibility index (Phi) is 8.06. The molecule has 0 bridgehead atoms. The highest BCUT2D eigenvalue weighted by molar-refractivity contribution is 7.80. The SMILES string of the molecule is Cc1ccc(NC(=S)N[C@H](NC(=O)CC(C)C)C(Cl)(Cl)Cl)c(C)c1. The zero-order valence-electron chi connectivity index (χ0n) is 14.0. The summed E-state index contributed by atoms with van der Waals surface area (Å²) in [4.78, 5) is 12.0. The predicted octanol–water partition coefficient (Wildman–Crippen LogP) is 4.45. The van der Waals surface area contributed by atoms with Gasteiger partial charge >= 0.3 is 0 Å². The molecule has 4 nitrogen and oxygen atoms in total. The van der Waals surface area contributed by atoms with E-state index < -0.39 is 9.96 Å². The van der Waals surface area contributed by atoms with Crippen LogP contribution in [-0.4, -0.2) is 21.0 Å². The van der Waals surface area contributed by atoms with Crippen molar-refractivity contribution in [2.75, 3.05) is 5.32 Å². The van der Waals surface area contributed by atoms with E-state index in [9.17, 15) is 4.79 Å². The number of rotatable bonds is 5. The molecule has 8 heteroatoms. The molecule has 3 N–H and O–H groups in total. The van der Waals surface area contributed by atoms with Crippen molar-refractivity contribution in [1.29, 1.82) is 0 Å². The molecule has 1 aromatic carbocycles. The molecule has 0 aliphatic carbocycles. The number of amides is 1. The Hall–Kier alpha value is -0.750. The molecule has 1 atom stereocenters. The highest BCUT2D eigenvalue weighted by Gasteiger charge is 2.34. The monoisotopic (exact) mass is 409 g/mol. The maximum Gasteiger partial charge on any atom is 0.228 e.